The van der Waals surface area contributed by atoms with Crippen LogP contribution in [0, 0.1) is 0 Å². The highest BCUT2D eigenvalue weighted by Gasteiger charge is 2.05. The lowest BCUT2D eigenvalue weighted by molar-refractivity contribution is 0.838. The first kappa shape index (κ1) is 10.6. The van der Waals surface area contributed by atoms with Crippen molar-refractivity contribution >= 4 is 5.82 Å². The van der Waals surface area contributed by atoms with Crippen molar-refractivity contribution in [3.05, 3.63) is 42.4 Å². The number of nitrogens with two attached hydrogens (primary N) is 1. The molecule has 0 atom stereocenters. The average molecular weight is 213 g/mol. The van der Waals surface area contributed by atoms with Gasteiger partial charge in [-0.3, -0.25) is 0 Å². The Kier molecular flexibility index (Phi) is 3.15. The molecular formula is C13H15N3. The van der Waals surface area contributed by atoms with E-state index in [1.54, 1.807) is 0 Å². The zero-order valence-electron chi connectivity index (χ0n) is 9.35. The van der Waals surface area contributed by atoms with Crippen molar-refractivity contribution in [2.75, 3.05) is 5.73 Å². The van der Waals surface area contributed by atoms with Gasteiger partial charge in [0.15, 0.2) is 0 Å². The van der Waals surface area contributed by atoms with Crippen LogP contribution in [0.15, 0.2) is 36.5 Å². The van der Waals surface area contributed by atoms with Crippen molar-refractivity contribution in [2.45, 2.75) is 19.8 Å². The second-order valence-electron chi connectivity index (χ2n) is 3.70. The lowest BCUT2D eigenvalue weighted by Gasteiger charge is -2.06. The van der Waals surface area contributed by atoms with Gasteiger partial charge in [-0.1, -0.05) is 37.3 Å². The van der Waals surface area contributed by atoms with E-state index in [1.807, 2.05) is 36.5 Å². The molecule has 2 N–H and O–H groups in total. The Morgan fingerprint density at radius 2 is 1.94 bits per heavy atom. The van der Waals surface area contributed by atoms with E-state index >= 15 is 0 Å². The summed E-state index contributed by atoms with van der Waals surface area (Å²) < 4.78 is 0. The molecule has 0 amide bonds. The summed E-state index contributed by atoms with van der Waals surface area (Å²) in [5.74, 6) is 1.38. The number of benzene rings is 1. The highest BCUT2D eigenvalue weighted by molar-refractivity contribution is 5.72. The van der Waals surface area contributed by atoms with E-state index in [1.165, 1.54) is 0 Å². The first-order chi connectivity index (χ1) is 7.81. The Bertz CT molecular complexity index is 466. The molecule has 0 spiro atoms. The highest BCUT2D eigenvalue weighted by atomic mass is 14.9. The zero-order valence-corrected chi connectivity index (χ0v) is 9.35. The smallest absolute Gasteiger partial charge is 0.135 e. The summed E-state index contributed by atoms with van der Waals surface area (Å²) in [6, 6.07) is 9.96. The van der Waals surface area contributed by atoms with Crippen LogP contribution in [-0.4, -0.2) is 9.97 Å². The maximum absolute atomic E-state index is 5.93. The number of hydrogen-bond acceptors (Lipinski definition) is 3. The number of rotatable bonds is 3. The van der Waals surface area contributed by atoms with Crippen molar-refractivity contribution in [1.29, 1.82) is 0 Å². The molecule has 2 rings (SSSR count). The van der Waals surface area contributed by atoms with Gasteiger partial charge < -0.3 is 5.73 Å². The van der Waals surface area contributed by atoms with Crippen LogP contribution in [-0.2, 0) is 6.42 Å². The second kappa shape index (κ2) is 4.75. The molecule has 82 valence electrons. The average Bonchev–Trinajstić information content (AvgIpc) is 2.31. The molecule has 0 unspecified atom stereocenters. The monoisotopic (exact) mass is 213 g/mol. The predicted molar refractivity (Wildman–Crippen MR) is 65.9 cm³/mol. The molecule has 3 nitrogen and oxygen atoms in total. The molecule has 0 saturated carbocycles. The topological polar surface area (TPSA) is 51.8 Å². The molecule has 16 heavy (non-hydrogen) atoms. The summed E-state index contributed by atoms with van der Waals surface area (Å²) in [6.45, 7) is 2.10. The standard InChI is InChI=1S/C13H15N3/c1-2-6-12-15-9-11(13(14)16-12)10-7-4-3-5-8-10/h3-5,7-9H,2,6H2,1H3,(H2,14,15,16). The minimum atomic E-state index is 0.560. The summed E-state index contributed by atoms with van der Waals surface area (Å²) >= 11 is 0. The molecule has 1 aromatic heterocycles. The van der Waals surface area contributed by atoms with Crippen LogP contribution in [0.25, 0.3) is 11.1 Å². The van der Waals surface area contributed by atoms with Crippen LogP contribution >= 0.6 is 0 Å². The molecule has 2 aromatic rings. The third-order valence-corrected chi connectivity index (χ3v) is 2.43. The minimum Gasteiger partial charge on any atom is -0.383 e. The minimum absolute atomic E-state index is 0.560. The highest BCUT2D eigenvalue weighted by Crippen LogP contribution is 2.22. The van der Waals surface area contributed by atoms with Gasteiger partial charge in [-0.25, -0.2) is 9.97 Å². The second-order valence-corrected chi connectivity index (χ2v) is 3.70. The van der Waals surface area contributed by atoms with Crippen LogP contribution in [0.2, 0.25) is 0 Å². The van der Waals surface area contributed by atoms with Crippen molar-refractivity contribution in [1.82, 2.24) is 9.97 Å². The molecule has 1 aromatic carbocycles. The number of aromatic nitrogens is 2. The lowest BCUT2D eigenvalue weighted by atomic mass is 10.1. The van der Waals surface area contributed by atoms with Crippen molar-refractivity contribution in [2.24, 2.45) is 0 Å². The van der Waals surface area contributed by atoms with Crippen LogP contribution < -0.4 is 5.73 Å². The van der Waals surface area contributed by atoms with Gasteiger partial charge in [0.25, 0.3) is 0 Å². The molecule has 0 bridgehead atoms. The first-order valence-corrected chi connectivity index (χ1v) is 5.48. The summed E-state index contributed by atoms with van der Waals surface area (Å²) in [6.07, 6.45) is 3.71. The van der Waals surface area contributed by atoms with E-state index in [0.717, 1.165) is 29.8 Å². The zero-order chi connectivity index (χ0) is 11.4. The number of anilines is 1. The molecule has 0 aliphatic carbocycles. The van der Waals surface area contributed by atoms with E-state index in [9.17, 15) is 0 Å². The van der Waals surface area contributed by atoms with Gasteiger partial charge >= 0.3 is 0 Å². The van der Waals surface area contributed by atoms with Crippen molar-refractivity contribution < 1.29 is 0 Å². The summed E-state index contributed by atoms with van der Waals surface area (Å²) in [7, 11) is 0. The van der Waals surface area contributed by atoms with E-state index in [0.29, 0.717) is 5.82 Å². The summed E-state index contributed by atoms with van der Waals surface area (Å²) in [4.78, 5) is 8.62. The fraction of sp³-hybridized carbons (Fsp3) is 0.231. The Labute approximate surface area is 95.4 Å². The molecule has 0 aliphatic heterocycles. The fourth-order valence-electron chi connectivity index (χ4n) is 1.62. The SMILES string of the molecule is CCCc1ncc(-c2ccccc2)c(N)n1. The molecule has 0 fully saturated rings. The first-order valence-electron chi connectivity index (χ1n) is 5.48. The van der Waals surface area contributed by atoms with Gasteiger partial charge in [0.2, 0.25) is 0 Å². The third kappa shape index (κ3) is 2.19. The molecule has 0 saturated heterocycles. The van der Waals surface area contributed by atoms with E-state index in [-0.39, 0.29) is 0 Å². The van der Waals surface area contributed by atoms with Gasteiger partial charge in [0.1, 0.15) is 11.6 Å². The fourth-order valence-corrected chi connectivity index (χ4v) is 1.62. The summed E-state index contributed by atoms with van der Waals surface area (Å²) in [5, 5.41) is 0. The largest absolute Gasteiger partial charge is 0.383 e. The van der Waals surface area contributed by atoms with Gasteiger partial charge in [0.05, 0.1) is 0 Å². The Balaban J connectivity index is 2.37. The van der Waals surface area contributed by atoms with Gasteiger partial charge in [-0.05, 0) is 12.0 Å². The molecule has 1 heterocycles. The lowest BCUT2D eigenvalue weighted by Crippen LogP contribution is -2.01. The van der Waals surface area contributed by atoms with Crippen LogP contribution in [0.5, 0.6) is 0 Å². The van der Waals surface area contributed by atoms with Crippen molar-refractivity contribution in [3.8, 4) is 11.1 Å². The summed E-state index contributed by atoms with van der Waals surface area (Å²) in [5.41, 5.74) is 7.89. The number of aryl methyl sites for hydroxylation is 1. The van der Waals surface area contributed by atoms with E-state index < -0.39 is 0 Å². The molecule has 0 radical (unpaired) electrons. The van der Waals surface area contributed by atoms with Gasteiger partial charge in [-0.2, -0.15) is 0 Å². The molecule has 3 heteroatoms. The number of nitrogen functional groups attached to an aromatic ring is 1. The third-order valence-electron chi connectivity index (χ3n) is 2.43. The van der Waals surface area contributed by atoms with Crippen molar-refractivity contribution in [3.63, 3.8) is 0 Å². The number of nitrogens with zero attached hydrogens (tertiary/aromatic N) is 2. The normalized spacial score (nSPS) is 10.3. The maximum atomic E-state index is 5.93. The predicted octanol–water partition coefficient (Wildman–Crippen LogP) is 2.68. The van der Waals surface area contributed by atoms with Gasteiger partial charge in [0, 0.05) is 18.2 Å². The number of hydrogen-bond donors (Lipinski definition) is 1. The van der Waals surface area contributed by atoms with Crippen LogP contribution in [0.3, 0.4) is 0 Å². The van der Waals surface area contributed by atoms with Gasteiger partial charge in [-0.15, -0.1) is 0 Å². The maximum Gasteiger partial charge on any atom is 0.135 e. The van der Waals surface area contributed by atoms with Crippen LogP contribution in [0.4, 0.5) is 5.82 Å². The molecular weight excluding hydrogens is 198 g/mol. The Hall–Kier alpha value is -1.90. The van der Waals surface area contributed by atoms with E-state index in [4.69, 9.17) is 5.73 Å². The Morgan fingerprint density at radius 3 is 2.56 bits per heavy atom. The molecule has 0 aliphatic rings. The Morgan fingerprint density at radius 1 is 1.19 bits per heavy atom. The quantitative estimate of drug-likeness (QED) is 0.852. The van der Waals surface area contributed by atoms with E-state index in [2.05, 4.69) is 16.9 Å². The van der Waals surface area contributed by atoms with Crippen LogP contribution in [0.1, 0.15) is 19.2 Å².